The SMILES string of the molecule is CC(C)C(C)(C)C(C)(C)/C(=C\NN)c1ccccc1. The van der Waals surface area contributed by atoms with Gasteiger partial charge in [-0.15, -0.1) is 0 Å². The van der Waals surface area contributed by atoms with Gasteiger partial charge in [0.1, 0.15) is 0 Å². The second kappa shape index (κ2) is 5.79. The predicted octanol–water partition coefficient (Wildman–Crippen LogP) is 4.20. The number of nitrogens with one attached hydrogen (secondary N) is 1. The molecule has 0 saturated carbocycles. The highest BCUT2D eigenvalue weighted by atomic mass is 15.2. The largest absolute Gasteiger partial charge is 0.331 e. The normalized spacial score (nSPS) is 13.8. The van der Waals surface area contributed by atoms with Crippen LogP contribution in [0.25, 0.3) is 5.57 Å². The lowest BCUT2D eigenvalue weighted by molar-refractivity contribution is 0.109. The molecule has 3 N–H and O–H groups in total. The summed E-state index contributed by atoms with van der Waals surface area (Å²) in [5.41, 5.74) is 5.35. The first-order chi connectivity index (χ1) is 8.75. The topological polar surface area (TPSA) is 38.0 Å². The molecular formula is C17H28N2. The Hall–Kier alpha value is -1.28. The van der Waals surface area contributed by atoms with Gasteiger partial charge in [0.2, 0.25) is 0 Å². The zero-order chi connectivity index (χ0) is 14.7. The molecule has 0 aliphatic heterocycles. The van der Waals surface area contributed by atoms with Crippen LogP contribution in [-0.2, 0) is 0 Å². The Morgan fingerprint density at radius 2 is 1.63 bits per heavy atom. The van der Waals surface area contributed by atoms with Crippen molar-refractivity contribution in [3.8, 4) is 0 Å². The van der Waals surface area contributed by atoms with Gasteiger partial charge in [0, 0.05) is 6.20 Å². The van der Waals surface area contributed by atoms with Gasteiger partial charge >= 0.3 is 0 Å². The van der Waals surface area contributed by atoms with Crippen molar-refractivity contribution < 1.29 is 0 Å². The summed E-state index contributed by atoms with van der Waals surface area (Å²) in [6, 6.07) is 10.5. The molecule has 19 heavy (non-hydrogen) atoms. The summed E-state index contributed by atoms with van der Waals surface area (Å²) < 4.78 is 0. The zero-order valence-electron chi connectivity index (χ0n) is 13.1. The van der Waals surface area contributed by atoms with Crippen molar-refractivity contribution in [1.82, 2.24) is 5.43 Å². The van der Waals surface area contributed by atoms with E-state index in [9.17, 15) is 0 Å². The fraction of sp³-hybridized carbons (Fsp3) is 0.529. The molecule has 0 unspecified atom stereocenters. The Balaban J connectivity index is 3.32. The zero-order valence-corrected chi connectivity index (χ0v) is 13.1. The van der Waals surface area contributed by atoms with Crippen LogP contribution in [0, 0.1) is 16.7 Å². The maximum atomic E-state index is 5.56. The van der Waals surface area contributed by atoms with Crippen molar-refractivity contribution >= 4 is 5.57 Å². The molecule has 0 spiro atoms. The first-order valence-electron chi connectivity index (χ1n) is 6.97. The number of benzene rings is 1. The van der Waals surface area contributed by atoms with Crippen LogP contribution in [0.3, 0.4) is 0 Å². The van der Waals surface area contributed by atoms with Crippen molar-refractivity contribution in [1.29, 1.82) is 0 Å². The molecule has 2 heteroatoms. The monoisotopic (exact) mass is 260 g/mol. The number of hydrogen-bond acceptors (Lipinski definition) is 2. The van der Waals surface area contributed by atoms with Crippen LogP contribution in [0.1, 0.15) is 47.1 Å². The Bertz CT molecular complexity index is 428. The summed E-state index contributed by atoms with van der Waals surface area (Å²) in [4.78, 5) is 0. The lowest BCUT2D eigenvalue weighted by Gasteiger charge is -2.46. The van der Waals surface area contributed by atoms with Crippen molar-refractivity contribution in [2.45, 2.75) is 41.5 Å². The van der Waals surface area contributed by atoms with Gasteiger partial charge in [0.25, 0.3) is 0 Å². The molecule has 1 rings (SSSR count). The Morgan fingerprint density at radius 1 is 1.11 bits per heavy atom. The summed E-state index contributed by atoms with van der Waals surface area (Å²) in [6.45, 7) is 13.8. The fourth-order valence-electron chi connectivity index (χ4n) is 2.39. The minimum atomic E-state index is 0.00882. The number of allylic oxidation sites excluding steroid dienone is 1. The number of hydrogen-bond donors (Lipinski definition) is 2. The first kappa shape index (κ1) is 15.8. The summed E-state index contributed by atoms with van der Waals surface area (Å²) >= 11 is 0. The summed E-state index contributed by atoms with van der Waals surface area (Å²) in [6.07, 6.45) is 1.93. The van der Waals surface area contributed by atoms with E-state index in [2.05, 4.69) is 71.2 Å². The molecule has 2 nitrogen and oxygen atoms in total. The second-order valence-electron chi connectivity index (χ2n) is 6.59. The predicted molar refractivity (Wildman–Crippen MR) is 84.1 cm³/mol. The van der Waals surface area contributed by atoms with E-state index in [-0.39, 0.29) is 10.8 Å². The fourth-order valence-corrected chi connectivity index (χ4v) is 2.39. The van der Waals surface area contributed by atoms with Crippen LogP contribution in [0.2, 0.25) is 0 Å². The summed E-state index contributed by atoms with van der Waals surface area (Å²) in [7, 11) is 0. The molecule has 0 bridgehead atoms. The molecule has 0 heterocycles. The molecular weight excluding hydrogens is 232 g/mol. The van der Waals surface area contributed by atoms with Crippen molar-refractivity contribution in [2.24, 2.45) is 22.6 Å². The van der Waals surface area contributed by atoms with Crippen LogP contribution >= 0.6 is 0 Å². The molecule has 0 saturated heterocycles. The molecule has 0 aliphatic rings. The van der Waals surface area contributed by atoms with E-state index in [1.807, 2.05) is 12.3 Å². The molecule has 0 amide bonds. The molecule has 0 atom stereocenters. The van der Waals surface area contributed by atoms with E-state index in [0.29, 0.717) is 5.92 Å². The van der Waals surface area contributed by atoms with Crippen LogP contribution in [0.15, 0.2) is 36.5 Å². The Morgan fingerprint density at radius 3 is 2.05 bits per heavy atom. The second-order valence-corrected chi connectivity index (χ2v) is 6.59. The maximum Gasteiger partial charge on any atom is 0.0166 e. The van der Waals surface area contributed by atoms with E-state index in [1.54, 1.807) is 0 Å². The number of rotatable bonds is 5. The van der Waals surface area contributed by atoms with Gasteiger partial charge in [0.15, 0.2) is 0 Å². The lowest BCUT2D eigenvalue weighted by Crippen LogP contribution is -2.38. The molecule has 106 valence electrons. The van der Waals surface area contributed by atoms with Crippen LogP contribution in [0.4, 0.5) is 0 Å². The smallest absolute Gasteiger partial charge is 0.0166 e. The van der Waals surface area contributed by atoms with E-state index in [4.69, 9.17) is 5.84 Å². The van der Waals surface area contributed by atoms with Gasteiger partial charge in [-0.1, -0.05) is 71.9 Å². The molecule has 0 fully saturated rings. The highest BCUT2D eigenvalue weighted by Gasteiger charge is 2.42. The molecule has 0 radical (unpaired) electrons. The Kier molecular flexibility index (Phi) is 4.81. The molecule has 1 aromatic carbocycles. The molecule has 0 aromatic heterocycles. The van der Waals surface area contributed by atoms with Crippen LogP contribution in [-0.4, -0.2) is 0 Å². The van der Waals surface area contributed by atoms with E-state index < -0.39 is 0 Å². The minimum Gasteiger partial charge on any atom is -0.331 e. The van der Waals surface area contributed by atoms with Gasteiger partial charge in [-0.05, 0) is 27.9 Å². The third kappa shape index (κ3) is 3.01. The van der Waals surface area contributed by atoms with E-state index in [1.165, 1.54) is 11.1 Å². The van der Waals surface area contributed by atoms with Crippen LogP contribution < -0.4 is 11.3 Å². The molecule has 0 aliphatic carbocycles. The third-order valence-electron chi connectivity index (χ3n) is 5.04. The summed E-state index contributed by atoms with van der Waals surface area (Å²) in [5.74, 6) is 6.13. The highest BCUT2D eigenvalue weighted by Crippen LogP contribution is 2.51. The van der Waals surface area contributed by atoms with Gasteiger partial charge in [-0.25, -0.2) is 0 Å². The van der Waals surface area contributed by atoms with Crippen molar-refractivity contribution in [2.75, 3.05) is 0 Å². The van der Waals surface area contributed by atoms with Crippen molar-refractivity contribution in [3.05, 3.63) is 42.1 Å². The number of hydrazine groups is 1. The summed E-state index contributed by atoms with van der Waals surface area (Å²) in [5, 5.41) is 0. The van der Waals surface area contributed by atoms with Crippen molar-refractivity contribution in [3.63, 3.8) is 0 Å². The van der Waals surface area contributed by atoms with E-state index in [0.717, 1.165) is 0 Å². The quantitative estimate of drug-likeness (QED) is 0.615. The van der Waals surface area contributed by atoms with Gasteiger partial charge in [-0.3, -0.25) is 5.84 Å². The van der Waals surface area contributed by atoms with Gasteiger partial charge < -0.3 is 5.43 Å². The standard InChI is InChI=1S/C17H28N2/c1-13(2)16(3,4)17(5,6)15(12-19-18)14-10-8-7-9-11-14/h7-13,19H,18H2,1-6H3/b15-12-. The van der Waals surface area contributed by atoms with Gasteiger partial charge in [0.05, 0.1) is 0 Å². The van der Waals surface area contributed by atoms with E-state index >= 15 is 0 Å². The Labute approximate surface area is 118 Å². The van der Waals surface area contributed by atoms with Gasteiger partial charge in [-0.2, -0.15) is 0 Å². The number of nitrogens with two attached hydrogens (primary N) is 1. The third-order valence-corrected chi connectivity index (χ3v) is 5.04. The van der Waals surface area contributed by atoms with Crippen LogP contribution in [0.5, 0.6) is 0 Å². The average Bonchev–Trinajstić information content (AvgIpc) is 2.36. The minimum absolute atomic E-state index is 0.00882. The lowest BCUT2D eigenvalue weighted by atomic mass is 9.58. The first-order valence-corrected chi connectivity index (χ1v) is 6.97. The molecule has 1 aromatic rings. The average molecular weight is 260 g/mol. The maximum absolute atomic E-state index is 5.56. The highest BCUT2D eigenvalue weighted by molar-refractivity contribution is 5.70.